The molecule has 4 N–H and O–H groups in total. The number of benzene rings is 10. The summed E-state index contributed by atoms with van der Waals surface area (Å²) in [6.45, 7) is 11.2. The van der Waals surface area contributed by atoms with Crippen molar-refractivity contribution in [2.45, 2.75) is 60.3 Å². The number of hydrogen-bond acceptors (Lipinski definition) is 20. The highest BCUT2D eigenvalue weighted by Crippen LogP contribution is 2.39. The first-order valence-electron chi connectivity index (χ1n) is 43.3. The summed E-state index contributed by atoms with van der Waals surface area (Å²) < 4.78 is 103. The fourth-order valence-corrected chi connectivity index (χ4v) is 23.4. The van der Waals surface area contributed by atoms with E-state index >= 15 is 0 Å². The predicted octanol–water partition coefficient (Wildman–Crippen LogP) is 19.9. The standard InChI is InChI=1S/2C26H24N4O3S.C25H21ClN4O3S.C24H18Cl2N4O3S/c1-17-4-6-20(15-23(17)25-9-5-19-16-27-11-10-24(19)29-25)28-26(31)22-8-7-21(14-18(22)2)30-12-3-13-34(30,32)33;1-17-6-7-19(16-23(17)25-22-5-3-11-27-24(22)10-12-28-25)29-26(31)21-9-8-20(15-18(21)2)30-13-4-14-34(30,32)33;1-16-13-19(30-11-4-12-34(30,32)33)8-9-20(16)25(31)28-18-7-10-22(26)21(14-18)24-27-15-17-5-2-3-6-23(17)29-24;25-20-9-6-16(12-19(20)23-27-14-15-4-1-2-5-22(15)29-23)28-24(31)18-8-7-17(13-21(18)26)30-10-3-11-34(30,32)33/h4-11,14-16H,3,12-13H2,1-2H3,(H,28,31);3,5-12,15-16H,4,13-14H2,1-2H3,(H,29,31);2-3,5-10,13-15H,4,11-12H2,1H3,(H,28,31);1-2,4-9,12-14H,3,10-11H2,(H,28,31). The number of fused-ring (bicyclic) bond motifs is 4. The minimum absolute atomic E-state index is 0.104. The number of anilines is 8. The molecule has 16 aromatic rings. The molecule has 0 unspecified atom stereocenters. The molecule has 136 heavy (non-hydrogen) atoms. The number of carbonyl (C=O) groups is 4. The van der Waals surface area contributed by atoms with Gasteiger partial charge < -0.3 is 21.3 Å². The molecule has 0 bridgehead atoms. The van der Waals surface area contributed by atoms with Crippen LogP contribution in [0.15, 0.2) is 268 Å². The Kier molecular flexibility index (Phi) is 27.1. The molecule has 0 aliphatic carbocycles. The van der Waals surface area contributed by atoms with E-state index in [0.29, 0.717) is 164 Å². The molecule has 4 fully saturated rings. The van der Waals surface area contributed by atoms with Crippen LogP contribution in [0.1, 0.15) is 94.9 Å². The van der Waals surface area contributed by atoms with Crippen LogP contribution in [0.3, 0.4) is 0 Å². The summed E-state index contributed by atoms with van der Waals surface area (Å²) in [7, 11) is -13.1. The SMILES string of the molecule is Cc1cc(N2CCCS2(=O)=O)ccc1C(=O)Nc1ccc(C)c(-c2ccc3cnccc3n2)c1.Cc1cc(N2CCCS2(=O)=O)ccc1C(=O)Nc1ccc(C)c(-c2nccc3ncccc23)c1.Cc1cc(N2CCCS2(=O)=O)ccc1C(=O)Nc1ccc(Cl)c(-c2ncc3ccccc3n2)c1.O=C(Nc1ccc(Cl)c(-c2ncc3ccccc3n2)c1)c1ccc(N2CCCS2(=O)=O)cc1Cl. The van der Waals surface area contributed by atoms with Crippen molar-refractivity contribution in [3.05, 3.63) is 333 Å². The third kappa shape index (κ3) is 20.5. The maximum Gasteiger partial charge on any atom is 0.257 e. The van der Waals surface area contributed by atoms with Crippen LogP contribution in [0.5, 0.6) is 0 Å². The van der Waals surface area contributed by atoms with E-state index in [9.17, 15) is 52.8 Å². The van der Waals surface area contributed by atoms with Crippen LogP contribution in [0, 0.1) is 34.6 Å². The van der Waals surface area contributed by atoms with E-state index in [0.717, 1.165) is 77.3 Å². The second-order valence-electron chi connectivity index (χ2n) is 32.9. The average molecular weight is 1950 g/mol. The molecule has 28 nitrogen and oxygen atoms in total. The molecule has 0 saturated carbocycles. The van der Waals surface area contributed by atoms with Crippen molar-refractivity contribution in [2.24, 2.45) is 0 Å². The molecule has 20 rings (SSSR count). The number of rotatable bonds is 16. The molecule has 4 amide bonds. The molecule has 35 heteroatoms. The van der Waals surface area contributed by atoms with E-state index in [1.807, 2.05) is 149 Å². The van der Waals surface area contributed by atoms with Crippen LogP contribution >= 0.6 is 34.8 Å². The highest BCUT2D eigenvalue weighted by atomic mass is 35.5. The van der Waals surface area contributed by atoms with Gasteiger partial charge in [-0.3, -0.25) is 51.4 Å². The average Bonchev–Trinajstić information content (AvgIpc) is 0.941. The zero-order valence-electron chi connectivity index (χ0n) is 73.9. The van der Waals surface area contributed by atoms with Crippen LogP contribution in [0.2, 0.25) is 15.1 Å². The number of para-hydroxylation sites is 2. The number of halogens is 3. The third-order valence-electron chi connectivity index (χ3n) is 23.6. The minimum atomic E-state index is -3.34. The molecule has 10 aromatic carbocycles. The highest BCUT2D eigenvalue weighted by molar-refractivity contribution is 7.94. The molecule has 4 saturated heterocycles. The van der Waals surface area contributed by atoms with E-state index in [4.69, 9.17) is 39.8 Å². The summed E-state index contributed by atoms with van der Waals surface area (Å²) in [5.41, 5.74) is 18.4. The van der Waals surface area contributed by atoms with Gasteiger partial charge in [0.15, 0.2) is 11.6 Å². The summed E-state index contributed by atoms with van der Waals surface area (Å²) >= 11 is 19.2. The lowest BCUT2D eigenvalue weighted by atomic mass is 10.0. The van der Waals surface area contributed by atoms with E-state index in [-0.39, 0.29) is 51.3 Å². The van der Waals surface area contributed by atoms with Gasteiger partial charge in [0.05, 0.1) is 99.8 Å². The fourth-order valence-electron chi connectivity index (χ4n) is 16.5. The summed E-state index contributed by atoms with van der Waals surface area (Å²) in [5.74, 6) is 0.228. The maximum absolute atomic E-state index is 13.1. The molecule has 688 valence electrons. The lowest BCUT2D eigenvalue weighted by Crippen LogP contribution is -2.25. The number of nitrogens with zero attached hydrogens (tertiary/aromatic N) is 12. The summed E-state index contributed by atoms with van der Waals surface area (Å²) in [6.07, 6.45) is 12.8. The number of aromatic nitrogens is 8. The van der Waals surface area contributed by atoms with Crippen molar-refractivity contribution in [1.82, 2.24) is 39.9 Å². The predicted molar refractivity (Wildman–Crippen MR) is 539 cm³/mol. The first kappa shape index (κ1) is 93.6. The quantitative estimate of drug-likeness (QED) is 0.0698. The van der Waals surface area contributed by atoms with Gasteiger partial charge in [0.1, 0.15) is 0 Å². The van der Waals surface area contributed by atoms with Gasteiger partial charge in [-0.05, 0) is 270 Å². The van der Waals surface area contributed by atoms with Crippen LogP contribution in [0.25, 0.3) is 88.9 Å². The Morgan fingerprint density at radius 2 is 0.691 bits per heavy atom. The van der Waals surface area contributed by atoms with Gasteiger partial charge in [0.25, 0.3) is 23.6 Å². The lowest BCUT2D eigenvalue weighted by Gasteiger charge is -2.18. The van der Waals surface area contributed by atoms with E-state index in [2.05, 4.69) is 56.2 Å². The Labute approximate surface area is 800 Å². The van der Waals surface area contributed by atoms with Crippen molar-refractivity contribution < 1.29 is 52.8 Å². The molecular weight excluding hydrogens is 1860 g/mol. The Morgan fingerprint density at radius 3 is 1.12 bits per heavy atom. The maximum atomic E-state index is 13.1. The van der Waals surface area contributed by atoms with E-state index in [1.165, 1.54) is 29.4 Å². The third-order valence-corrected chi connectivity index (χ3v) is 32.0. The second kappa shape index (κ2) is 39.4. The first-order valence-corrected chi connectivity index (χ1v) is 50.9. The number of sulfonamides is 4. The number of amides is 4. The van der Waals surface area contributed by atoms with Crippen molar-refractivity contribution in [3.63, 3.8) is 0 Å². The monoisotopic (exact) mass is 1950 g/mol. The summed E-state index contributed by atoms with van der Waals surface area (Å²) in [6, 6.07) is 68.4. The number of nitrogens with one attached hydrogen (secondary N) is 4. The molecule has 0 radical (unpaired) electrons. The number of hydrogen-bond donors (Lipinski definition) is 4. The second-order valence-corrected chi connectivity index (χ2v) is 42.2. The zero-order chi connectivity index (χ0) is 95.5. The summed E-state index contributed by atoms with van der Waals surface area (Å²) in [4.78, 5) is 87.9. The molecule has 4 aliphatic rings. The Bertz CT molecular complexity index is 7440. The van der Waals surface area contributed by atoms with Crippen molar-refractivity contribution in [3.8, 4) is 45.3 Å². The largest absolute Gasteiger partial charge is 0.322 e. The van der Waals surface area contributed by atoms with E-state index in [1.54, 1.807) is 141 Å². The van der Waals surface area contributed by atoms with Crippen LogP contribution in [-0.4, -0.2) is 146 Å². The lowest BCUT2D eigenvalue weighted by molar-refractivity contribution is 0.101. The van der Waals surface area contributed by atoms with Gasteiger partial charge in [0.2, 0.25) is 40.1 Å². The fraction of sp³-hybridized carbons (Fsp3) is 0.168. The minimum Gasteiger partial charge on any atom is -0.322 e. The molecular formula is C101H87Cl3N16O12S4. The Hall–Kier alpha value is -14.3. The topological polar surface area (TPSA) is 369 Å². The van der Waals surface area contributed by atoms with Gasteiger partial charge in [0, 0.05) is 147 Å². The number of pyridine rings is 4. The van der Waals surface area contributed by atoms with Crippen molar-refractivity contribution in [2.75, 3.05) is 87.7 Å². The summed E-state index contributed by atoms with van der Waals surface area (Å²) in [5, 5.41) is 16.5. The molecule has 0 spiro atoms. The van der Waals surface area contributed by atoms with Crippen LogP contribution < -0.4 is 38.5 Å². The van der Waals surface area contributed by atoms with E-state index < -0.39 is 46.0 Å². The van der Waals surface area contributed by atoms with Gasteiger partial charge in [-0.2, -0.15) is 0 Å². The highest BCUT2D eigenvalue weighted by Gasteiger charge is 2.34. The smallest absolute Gasteiger partial charge is 0.257 e. The molecule has 6 aromatic heterocycles. The van der Waals surface area contributed by atoms with Gasteiger partial charge >= 0.3 is 0 Å². The first-order chi connectivity index (χ1) is 65.3. The van der Waals surface area contributed by atoms with Crippen molar-refractivity contribution in [1.29, 1.82) is 0 Å². The molecule has 0 atom stereocenters. The van der Waals surface area contributed by atoms with Crippen molar-refractivity contribution >= 4 is 188 Å². The van der Waals surface area contributed by atoms with Gasteiger partial charge in [-0.15, -0.1) is 0 Å². The van der Waals surface area contributed by atoms with Crippen LogP contribution in [0.4, 0.5) is 45.5 Å². The van der Waals surface area contributed by atoms with Gasteiger partial charge in [-0.1, -0.05) is 83.3 Å². The normalized spacial score (nSPS) is 14.9. The van der Waals surface area contributed by atoms with Gasteiger partial charge in [-0.25, -0.2) is 58.6 Å². The molecule has 4 aliphatic heterocycles. The molecule has 10 heterocycles. The zero-order valence-corrected chi connectivity index (χ0v) is 79.5. The Morgan fingerprint density at radius 1 is 0.309 bits per heavy atom. The Balaban J connectivity index is 0.000000126. The van der Waals surface area contributed by atoms with Crippen LogP contribution in [-0.2, 0) is 40.1 Å². The number of aryl methyl sites for hydroxylation is 5. The number of carbonyl (C=O) groups excluding carboxylic acids is 4.